The molecule has 1 aliphatic rings. The van der Waals surface area contributed by atoms with Gasteiger partial charge >= 0.3 is 0 Å². The van der Waals surface area contributed by atoms with Gasteiger partial charge < -0.3 is 4.90 Å². The number of aromatic amines is 1. The fourth-order valence-electron chi connectivity index (χ4n) is 3.03. The van der Waals surface area contributed by atoms with Gasteiger partial charge in [0.05, 0.1) is 11.5 Å². The maximum Gasteiger partial charge on any atom is 0.264 e. The molecule has 8 heteroatoms. The third-order valence-electron chi connectivity index (χ3n) is 4.46. The van der Waals surface area contributed by atoms with Crippen molar-refractivity contribution in [2.45, 2.75) is 6.67 Å². The first-order valence-corrected chi connectivity index (χ1v) is 9.77. The van der Waals surface area contributed by atoms with E-state index in [2.05, 4.69) is 15.0 Å². The maximum absolute atomic E-state index is 12.4. The van der Waals surface area contributed by atoms with E-state index in [0.717, 1.165) is 42.4 Å². The van der Waals surface area contributed by atoms with Crippen molar-refractivity contribution < 1.29 is 4.79 Å². The molecule has 4 rings (SSSR count). The van der Waals surface area contributed by atoms with E-state index in [1.165, 1.54) is 11.3 Å². The van der Waals surface area contributed by atoms with Gasteiger partial charge in [0, 0.05) is 31.7 Å². The molecule has 3 aromatic rings. The van der Waals surface area contributed by atoms with Crippen LogP contribution in [-0.2, 0) is 6.67 Å². The molecule has 0 aliphatic carbocycles. The highest BCUT2D eigenvalue weighted by Crippen LogP contribution is 2.16. The fourth-order valence-corrected chi connectivity index (χ4v) is 3.91. The number of aromatic nitrogens is 3. The monoisotopic (exact) mass is 385 g/mol. The molecule has 0 spiro atoms. The van der Waals surface area contributed by atoms with Crippen molar-refractivity contribution in [3.05, 3.63) is 57.5 Å². The van der Waals surface area contributed by atoms with Crippen LogP contribution in [0.2, 0.25) is 0 Å². The lowest BCUT2D eigenvalue weighted by atomic mass is 10.2. The first-order valence-electron chi connectivity index (χ1n) is 8.48. The van der Waals surface area contributed by atoms with Gasteiger partial charge in [-0.1, -0.05) is 36.4 Å². The standard InChI is InChI=1S/C18H19N5OS2/c24-17(15-7-4-12-26-15)22-10-8-21(9-11-22)13-23-18(25)19-16(20-23)14-5-2-1-3-6-14/h1-7,12H,8-11,13H2,(H,19,20,25). The Morgan fingerprint density at radius 1 is 1.12 bits per heavy atom. The Bertz CT molecular complexity index is 924. The van der Waals surface area contributed by atoms with Crippen LogP contribution in [0.1, 0.15) is 9.67 Å². The number of rotatable bonds is 4. The van der Waals surface area contributed by atoms with E-state index in [0.29, 0.717) is 11.4 Å². The van der Waals surface area contributed by atoms with Crippen LogP contribution in [0.4, 0.5) is 0 Å². The van der Waals surface area contributed by atoms with E-state index in [1.807, 2.05) is 57.4 Å². The summed E-state index contributed by atoms with van der Waals surface area (Å²) in [7, 11) is 0. The summed E-state index contributed by atoms with van der Waals surface area (Å²) in [5.74, 6) is 0.909. The van der Waals surface area contributed by atoms with Crippen molar-refractivity contribution >= 4 is 29.5 Å². The highest BCUT2D eigenvalue weighted by atomic mass is 32.1. The molecule has 134 valence electrons. The highest BCUT2D eigenvalue weighted by molar-refractivity contribution is 7.71. The van der Waals surface area contributed by atoms with Gasteiger partial charge in [-0.25, -0.2) is 4.68 Å². The van der Waals surface area contributed by atoms with Gasteiger partial charge in [-0.15, -0.1) is 11.3 Å². The number of thiophene rings is 1. The normalized spacial score (nSPS) is 15.3. The molecular weight excluding hydrogens is 366 g/mol. The Balaban J connectivity index is 1.38. The van der Waals surface area contributed by atoms with E-state index in [1.54, 1.807) is 0 Å². The molecule has 3 heterocycles. The van der Waals surface area contributed by atoms with Crippen LogP contribution in [0.5, 0.6) is 0 Å². The van der Waals surface area contributed by atoms with Gasteiger partial charge in [0.15, 0.2) is 5.82 Å². The molecule has 0 radical (unpaired) electrons. The van der Waals surface area contributed by atoms with Gasteiger partial charge in [0.2, 0.25) is 4.77 Å². The number of H-pyrrole nitrogens is 1. The largest absolute Gasteiger partial charge is 0.335 e. The minimum atomic E-state index is 0.129. The van der Waals surface area contributed by atoms with E-state index < -0.39 is 0 Å². The summed E-state index contributed by atoms with van der Waals surface area (Å²) in [6, 6.07) is 13.8. The molecule has 0 unspecified atom stereocenters. The fraction of sp³-hybridized carbons (Fsp3) is 0.278. The number of hydrogen-bond donors (Lipinski definition) is 1. The van der Waals surface area contributed by atoms with Crippen molar-refractivity contribution in [2.75, 3.05) is 26.2 Å². The van der Waals surface area contributed by atoms with Gasteiger partial charge in [-0.2, -0.15) is 4.98 Å². The zero-order valence-corrected chi connectivity index (χ0v) is 15.8. The number of hydrogen-bond acceptors (Lipinski definition) is 5. The Morgan fingerprint density at radius 3 is 2.58 bits per heavy atom. The Morgan fingerprint density at radius 2 is 1.88 bits per heavy atom. The number of benzene rings is 1. The van der Waals surface area contributed by atoms with Gasteiger partial charge in [0.1, 0.15) is 0 Å². The van der Waals surface area contributed by atoms with Crippen molar-refractivity contribution in [3.8, 4) is 11.4 Å². The summed E-state index contributed by atoms with van der Waals surface area (Å²) in [6.45, 7) is 3.74. The quantitative estimate of drug-likeness (QED) is 0.701. The molecule has 1 amide bonds. The van der Waals surface area contributed by atoms with Crippen LogP contribution in [0.15, 0.2) is 47.8 Å². The smallest absolute Gasteiger partial charge is 0.264 e. The van der Waals surface area contributed by atoms with E-state index in [-0.39, 0.29) is 5.91 Å². The van der Waals surface area contributed by atoms with Crippen molar-refractivity contribution in [3.63, 3.8) is 0 Å². The minimum absolute atomic E-state index is 0.129. The van der Waals surface area contributed by atoms with Gasteiger partial charge in [-0.05, 0) is 23.7 Å². The number of nitrogens with zero attached hydrogens (tertiary/aromatic N) is 4. The molecular formula is C18H19N5OS2. The average molecular weight is 386 g/mol. The van der Waals surface area contributed by atoms with Crippen molar-refractivity contribution in [1.82, 2.24) is 24.6 Å². The van der Waals surface area contributed by atoms with Crippen LogP contribution in [0.3, 0.4) is 0 Å². The third-order valence-corrected chi connectivity index (χ3v) is 5.63. The summed E-state index contributed by atoms with van der Waals surface area (Å²) in [4.78, 5) is 21.9. The summed E-state index contributed by atoms with van der Waals surface area (Å²) < 4.78 is 2.43. The zero-order valence-electron chi connectivity index (χ0n) is 14.2. The molecule has 1 N–H and O–H groups in total. The molecule has 1 fully saturated rings. The summed E-state index contributed by atoms with van der Waals surface area (Å²) >= 11 is 6.89. The second kappa shape index (κ2) is 7.53. The van der Waals surface area contributed by atoms with Crippen LogP contribution in [0.25, 0.3) is 11.4 Å². The van der Waals surface area contributed by atoms with Gasteiger partial charge in [0.25, 0.3) is 5.91 Å². The van der Waals surface area contributed by atoms with Gasteiger partial charge in [-0.3, -0.25) is 14.8 Å². The van der Waals surface area contributed by atoms with Crippen LogP contribution >= 0.6 is 23.6 Å². The van der Waals surface area contributed by atoms with Crippen LogP contribution < -0.4 is 0 Å². The zero-order chi connectivity index (χ0) is 17.9. The molecule has 1 aliphatic heterocycles. The average Bonchev–Trinajstić information content (AvgIpc) is 3.33. The molecule has 2 aromatic heterocycles. The Labute approximate surface area is 160 Å². The van der Waals surface area contributed by atoms with E-state index >= 15 is 0 Å². The van der Waals surface area contributed by atoms with E-state index in [9.17, 15) is 4.79 Å². The number of amides is 1. The van der Waals surface area contributed by atoms with E-state index in [4.69, 9.17) is 12.2 Å². The van der Waals surface area contributed by atoms with Crippen LogP contribution in [0, 0.1) is 4.77 Å². The number of carbonyl (C=O) groups excluding carboxylic acids is 1. The molecule has 0 saturated carbocycles. The molecule has 0 bridgehead atoms. The second-order valence-corrected chi connectivity index (χ2v) is 7.49. The summed E-state index contributed by atoms with van der Waals surface area (Å²) in [5, 5.41) is 5.22. The number of nitrogens with one attached hydrogen (secondary N) is 1. The number of carbonyl (C=O) groups is 1. The molecule has 0 atom stereocenters. The molecule has 1 saturated heterocycles. The first-order chi connectivity index (χ1) is 12.7. The second-order valence-electron chi connectivity index (χ2n) is 6.18. The highest BCUT2D eigenvalue weighted by Gasteiger charge is 2.23. The topological polar surface area (TPSA) is 57.2 Å². The summed E-state index contributed by atoms with van der Waals surface area (Å²) in [5.41, 5.74) is 1.02. The lowest BCUT2D eigenvalue weighted by Crippen LogP contribution is -2.48. The predicted octanol–water partition coefficient (Wildman–Crippen LogP) is 3.08. The number of piperazine rings is 1. The van der Waals surface area contributed by atoms with Crippen molar-refractivity contribution in [1.29, 1.82) is 0 Å². The first kappa shape index (κ1) is 17.1. The van der Waals surface area contributed by atoms with Crippen molar-refractivity contribution in [2.24, 2.45) is 0 Å². The minimum Gasteiger partial charge on any atom is -0.335 e. The lowest BCUT2D eigenvalue weighted by molar-refractivity contribution is 0.0590. The van der Waals surface area contributed by atoms with Crippen LogP contribution in [-0.4, -0.2) is 56.7 Å². The SMILES string of the molecule is O=C(c1cccs1)N1CCN(Cn2[nH]c(-c3ccccc3)nc2=S)CC1. The third kappa shape index (κ3) is 3.62. The molecule has 26 heavy (non-hydrogen) atoms. The molecule has 6 nitrogen and oxygen atoms in total. The predicted molar refractivity (Wildman–Crippen MR) is 105 cm³/mol. The lowest BCUT2D eigenvalue weighted by Gasteiger charge is -2.34. The summed E-state index contributed by atoms with van der Waals surface area (Å²) in [6.07, 6.45) is 0. The molecule has 1 aromatic carbocycles. The Hall–Kier alpha value is -2.29. The maximum atomic E-state index is 12.4. The Kier molecular flexibility index (Phi) is 4.96.